The Balaban J connectivity index is 2.43. The van der Waals surface area contributed by atoms with Crippen LogP contribution in [-0.4, -0.2) is 0 Å². The Morgan fingerprint density at radius 2 is 1.83 bits per heavy atom. The maximum absolute atomic E-state index is 3.60. The molecule has 0 aliphatic rings. The molecule has 0 heteroatoms. The Hall–Kier alpha value is -1.30. The van der Waals surface area contributed by atoms with Gasteiger partial charge in [0.15, 0.2) is 0 Å². The van der Waals surface area contributed by atoms with E-state index in [0.717, 1.165) is 6.42 Å². The van der Waals surface area contributed by atoms with Crippen LogP contribution in [0.25, 0.3) is 0 Å². The molecule has 0 fully saturated rings. The van der Waals surface area contributed by atoms with E-state index < -0.39 is 0 Å². The van der Waals surface area contributed by atoms with Crippen molar-refractivity contribution in [2.75, 3.05) is 0 Å². The van der Waals surface area contributed by atoms with E-state index in [1.54, 1.807) is 6.08 Å². The summed E-state index contributed by atoms with van der Waals surface area (Å²) in [6, 6.07) is 10.4. The maximum Gasteiger partial charge on any atom is -0.00943 e. The lowest BCUT2D eigenvalue weighted by molar-refractivity contribution is 1.27. The first-order valence-corrected chi connectivity index (χ1v) is 4.08. The lowest BCUT2D eigenvalue weighted by Crippen LogP contribution is -1.77. The molecule has 1 rings (SSSR count). The van der Waals surface area contributed by atoms with Crippen molar-refractivity contribution >= 4 is 0 Å². The first-order chi connectivity index (χ1) is 5.93. The van der Waals surface area contributed by atoms with Crippen molar-refractivity contribution in [2.24, 2.45) is 0 Å². The Bertz CT molecular complexity index is 255. The van der Waals surface area contributed by atoms with Crippen LogP contribution < -0.4 is 0 Å². The highest BCUT2D eigenvalue weighted by molar-refractivity contribution is 5.18. The molecule has 0 aliphatic carbocycles. The summed E-state index contributed by atoms with van der Waals surface area (Å²) in [4.78, 5) is 0. The molecule has 0 aromatic heterocycles. The van der Waals surface area contributed by atoms with Gasteiger partial charge in [-0.15, -0.1) is 0 Å². The van der Waals surface area contributed by atoms with E-state index in [4.69, 9.17) is 0 Å². The van der Waals surface area contributed by atoms with Crippen LogP contribution >= 0.6 is 0 Å². The van der Waals surface area contributed by atoms with Crippen molar-refractivity contribution in [2.45, 2.75) is 6.42 Å². The highest BCUT2D eigenvalue weighted by atomic mass is 13.9. The summed E-state index contributed by atoms with van der Waals surface area (Å²) in [6.07, 6.45) is 8.84. The van der Waals surface area contributed by atoms with Gasteiger partial charge >= 0.3 is 0 Å². The third-order valence-electron chi connectivity index (χ3n) is 1.58. The zero-order valence-corrected chi connectivity index (χ0v) is 7.11. The Morgan fingerprint density at radius 1 is 1.08 bits per heavy atom. The molecule has 0 aliphatic heterocycles. The van der Waals surface area contributed by atoms with Crippen molar-refractivity contribution in [3.63, 3.8) is 0 Å². The normalized spacial score (nSPS) is 11.4. The standard InChI is InChI=1S/C12H13/c1-2-3-4-6-9-12-10-7-5-8-11-12/h2-8,10-11H,1,9H2. The van der Waals surface area contributed by atoms with E-state index >= 15 is 0 Å². The minimum Gasteiger partial charge on any atom is -0.0842 e. The van der Waals surface area contributed by atoms with Gasteiger partial charge in [-0.25, -0.2) is 0 Å². The second-order valence-corrected chi connectivity index (χ2v) is 2.55. The molecule has 0 amide bonds. The minimum atomic E-state index is 0.991. The Kier molecular flexibility index (Phi) is 3.93. The van der Waals surface area contributed by atoms with E-state index in [-0.39, 0.29) is 0 Å². The molecule has 1 radical (unpaired) electrons. The average molecular weight is 157 g/mol. The lowest BCUT2D eigenvalue weighted by Gasteiger charge is -1.92. The van der Waals surface area contributed by atoms with Crippen LogP contribution in [0.1, 0.15) is 5.56 Å². The zero-order valence-electron chi connectivity index (χ0n) is 7.11. The van der Waals surface area contributed by atoms with E-state index in [9.17, 15) is 0 Å². The molecule has 1 aromatic rings. The predicted octanol–water partition coefficient (Wildman–Crippen LogP) is 3.18. The summed E-state index contributed by atoms with van der Waals surface area (Å²) < 4.78 is 0. The first kappa shape index (κ1) is 8.79. The average Bonchev–Trinajstić information content (AvgIpc) is 2.14. The largest absolute Gasteiger partial charge is 0.0842 e. The van der Waals surface area contributed by atoms with Gasteiger partial charge in [0.25, 0.3) is 0 Å². The van der Waals surface area contributed by atoms with E-state index in [0.29, 0.717) is 0 Å². The molecule has 0 spiro atoms. The fraction of sp³-hybridized carbons (Fsp3) is 0.0833. The van der Waals surface area contributed by atoms with Crippen molar-refractivity contribution in [1.29, 1.82) is 0 Å². The molecular weight excluding hydrogens is 144 g/mol. The second kappa shape index (κ2) is 5.36. The third kappa shape index (κ3) is 3.20. The summed E-state index contributed by atoms with van der Waals surface area (Å²) in [5, 5.41) is 0. The third-order valence-corrected chi connectivity index (χ3v) is 1.58. The molecule has 0 bridgehead atoms. The molecule has 1 aromatic carbocycles. The highest BCUT2D eigenvalue weighted by Crippen LogP contribution is 1.99. The van der Waals surface area contributed by atoms with Gasteiger partial charge in [0, 0.05) is 0 Å². The molecule has 0 nitrogen and oxygen atoms in total. The summed E-state index contributed by atoms with van der Waals surface area (Å²) in [7, 11) is 0. The van der Waals surface area contributed by atoms with Crippen LogP contribution in [0.3, 0.4) is 0 Å². The van der Waals surface area contributed by atoms with Crippen LogP contribution in [0, 0.1) is 6.92 Å². The molecule has 0 saturated heterocycles. The molecule has 0 unspecified atom stereocenters. The number of rotatable bonds is 3. The molecule has 0 atom stereocenters. The smallest absolute Gasteiger partial charge is 0.00943 e. The molecule has 0 saturated carbocycles. The van der Waals surface area contributed by atoms with Gasteiger partial charge in [0.05, 0.1) is 0 Å². The van der Waals surface area contributed by atoms with Crippen molar-refractivity contribution in [3.05, 3.63) is 67.1 Å². The molecule has 61 valence electrons. The quantitative estimate of drug-likeness (QED) is 0.591. The molecule has 0 N–H and O–H groups in total. The minimum absolute atomic E-state index is 0.991. The van der Waals surface area contributed by atoms with Crippen LogP contribution in [0.4, 0.5) is 0 Å². The van der Waals surface area contributed by atoms with E-state index in [2.05, 4.69) is 37.3 Å². The SMILES string of the molecule is [CH2]C=CC=CCc1ccccc1. The number of hydrogen-bond donors (Lipinski definition) is 0. The van der Waals surface area contributed by atoms with Crippen molar-refractivity contribution < 1.29 is 0 Å². The summed E-state index contributed by atoms with van der Waals surface area (Å²) in [5.41, 5.74) is 1.34. The van der Waals surface area contributed by atoms with Crippen LogP contribution in [0.5, 0.6) is 0 Å². The fourth-order valence-electron chi connectivity index (χ4n) is 0.975. The van der Waals surface area contributed by atoms with Crippen molar-refractivity contribution in [1.82, 2.24) is 0 Å². The van der Waals surface area contributed by atoms with E-state index in [1.165, 1.54) is 5.56 Å². The summed E-state index contributed by atoms with van der Waals surface area (Å²) >= 11 is 0. The Labute approximate surface area is 74.2 Å². The molecule has 0 heterocycles. The first-order valence-electron chi connectivity index (χ1n) is 4.08. The van der Waals surface area contributed by atoms with Crippen molar-refractivity contribution in [3.8, 4) is 0 Å². The zero-order chi connectivity index (χ0) is 8.65. The topological polar surface area (TPSA) is 0 Å². The van der Waals surface area contributed by atoms with Crippen LogP contribution in [-0.2, 0) is 6.42 Å². The van der Waals surface area contributed by atoms with Gasteiger partial charge in [-0.3, -0.25) is 0 Å². The number of benzene rings is 1. The summed E-state index contributed by atoms with van der Waals surface area (Å²) in [5.74, 6) is 0. The fourth-order valence-corrected chi connectivity index (χ4v) is 0.975. The summed E-state index contributed by atoms with van der Waals surface area (Å²) in [6.45, 7) is 3.60. The van der Waals surface area contributed by atoms with Crippen LogP contribution in [0.2, 0.25) is 0 Å². The predicted molar refractivity (Wildman–Crippen MR) is 53.8 cm³/mol. The van der Waals surface area contributed by atoms with Gasteiger partial charge in [0.2, 0.25) is 0 Å². The monoisotopic (exact) mass is 157 g/mol. The van der Waals surface area contributed by atoms with E-state index in [1.807, 2.05) is 18.2 Å². The van der Waals surface area contributed by atoms with Gasteiger partial charge in [-0.2, -0.15) is 0 Å². The number of hydrogen-bond acceptors (Lipinski definition) is 0. The van der Waals surface area contributed by atoms with Gasteiger partial charge < -0.3 is 0 Å². The van der Waals surface area contributed by atoms with Gasteiger partial charge in [0.1, 0.15) is 0 Å². The number of allylic oxidation sites excluding steroid dienone is 4. The highest BCUT2D eigenvalue weighted by Gasteiger charge is 1.83. The van der Waals surface area contributed by atoms with Crippen LogP contribution in [0.15, 0.2) is 54.6 Å². The van der Waals surface area contributed by atoms with Gasteiger partial charge in [-0.05, 0) is 18.9 Å². The second-order valence-electron chi connectivity index (χ2n) is 2.55. The Morgan fingerprint density at radius 3 is 2.50 bits per heavy atom. The molecular formula is C12H13. The maximum atomic E-state index is 3.60. The van der Waals surface area contributed by atoms with Gasteiger partial charge in [-0.1, -0.05) is 54.6 Å². The molecule has 12 heavy (non-hydrogen) atoms. The lowest BCUT2D eigenvalue weighted by atomic mass is 10.1.